The fourth-order valence-electron chi connectivity index (χ4n) is 2.26. The van der Waals surface area contributed by atoms with Gasteiger partial charge in [-0.05, 0) is 25.0 Å². The maximum atomic E-state index is 11.9. The van der Waals surface area contributed by atoms with Crippen LogP contribution < -0.4 is 5.32 Å². The summed E-state index contributed by atoms with van der Waals surface area (Å²) >= 11 is 0. The van der Waals surface area contributed by atoms with Gasteiger partial charge in [-0.2, -0.15) is 0 Å². The summed E-state index contributed by atoms with van der Waals surface area (Å²) in [4.78, 5) is 11.9. The molecule has 0 aliphatic rings. The highest BCUT2D eigenvalue weighted by atomic mass is 16.5. The molecule has 110 valence electrons. The summed E-state index contributed by atoms with van der Waals surface area (Å²) in [5.41, 5.74) is 2.25. The van der Waals surface area contributed by atoms with E-state index < -0.39 is 0 Å². The van der Waals surface area contributed by atoms with Crippen LogP contribution in [0.4, 0.5) is 0 Å². The number of esters is 1. The first-order valence-corrected chi connectivity index (χ1v) is 7.25. The lowest BCUT2D eigenvalue weighted by atomic mass is 9.98. The Kier molecular flexibility index (Phi) is 5.52. The molecule has 0 saturated carbocycles. The van der Waals surface area contributed by atoms with Gasteiger partial charge in [0.1, 0.15) is 6.04 Å². The minimum atomic E-state index is -0.365. The topological polar surface area (TPSA) is 38.3 Å². The Morgan fingerprint density at radius 3 is 1.90 bits per heavy atom. The molecule has 0 aliphatic carbocycles. The molecule has 0 bridgehead atoms. The first kappa shape index (κ1) is 15.3. The van der Waals surface area contributed by atoms with Gasteiger partial charge in [-0.25, -0.2) is 0 Å². The summed E-state index contributed by atoms with van der Waals surface area (Å²) in [5, 5.41) is 3.36. The van der Waals surface area contributed by atoms with Crippen molar-refractivity contribution in [1.82, 2.24) is 5.32 Å². The summed E-state index contributed by atoms with van der Waals surface area (Å²) in [5.74, 6) is -0.227. The number of ether oxygens (including phenoxy) is 1. The van der Waals surface area contributed by atoms with Crippen molar-refractivity contribution in [2.24, 2.45) is 0 Å². The molecule has 0 radical (unpaired) electrons. The fourth-order valence-corrected chi connectivity index (χ4v) is 2.26. The van der Waals surface area contributed by atoms with Gasteiger partial charge in [0.25, 0.3) is 0 Å². The Morgan fingerprint density at radius 2 is 1.48 bits per heavy atom. The quantitative estimate of drug-likeness (QED) is 0.827. The molecule has 0 aliphatic heterocycles. The largest absolute Gasteiger partial charge is 0.465 e. The average molecular weight is 283 g/mol. The van der Waals surface area contributed by atoms with Crippen LogP contribution in [0, 0.1) is 0 Å². The van der Waals surface area contributed by atoms with Crippen LogP contribution in [0.25, 0.3) is 0 Å². The predicted molar refractivity (Wildman–Crippen MR) is 84.0 cm³/mol. The monoisotopic (exact) mass is 283 g/mol. The fraction of sp³-hybridized carbons (Fsp3) is 0.278. The van der Waals surface area contributed by atoms with Gasteiger partial charge in [0.15, 0.2) is 0 Å². The van der Waals surface area contributed by atoms with E-state index >= 15 is 0 Å². The molecule has 3 nitrogen and oxygen atoms in total. The van der Waals surface area contributed by atoms with Gasteiger partial charge >= 0.3 is 5.97 Å². The minimum Gasteiger partial charge on any atom is -0.465 e. The van der Waals surface area contributed by atoms with Gasteiger partial charge < -0.3 is 4.74 Å². The van der Waals surface area contributed by atoms with Gasteiger partial charge in [0.2, 0.25) is 0 Å². The lowest BCUT2D eigenvalue weighted by Crippen LogP contribution is -2.38. The Labute approximate surface area is 126 Å². The molecule has 2 aromatic rings. The van der Waals surface area contributed by atoms with Crippen molar-refractivity contribution in [2.45, 2.75) is 25.9 Å². The van der Waals surface area contributed by atoms with Crippen molar-refractivity contribution >= 4 is 5.97 Å². The molecule has 0 aromatic heterocycles. The van der Waals surface area contributed by atoms with Crippen molar-refractivity contribution < 1.29 is 9.53 Å². The molecule has 1 N–H and O–H groups in total. The number of hydrogen-bond acceptors (Lipinski definition) is 3. The van der Waals surface area contributed by atoms with Gasteiger partial charge in [-0.3, -0.25) is 10.1 Å². The Bertz CT molecular complexity index is 514. The van der Waals surface area contributed by atoms with Crippen LogP contribution in [-0.4, -0.2) is 18.6 Å². The third-order valence-corrected chi connectivity index (χ3v) is 3.32. The Balaban J connectivity index is 2.23. The summed E-state index contributed by atoms with van der Waals surface area (Å²) in [6, 6.07) is 19.8. The highest BCUT2D eigenvalue weighted by Gasteiger charge is 2.21. The van der Waals surface area contributed by atoms with Crippen LogP contribution in [0.15, 0.2) is 60.7 Å². The number of carbonyl (C=O) groups is 1. The van der Waals surface area contributed by atoms with E-state index in [1.807, 2.05) is 50.2 Å². The van der Waals surface area contributed by atoms with Gasteiger partial charge in [-0.1, -0.05) is 60.7 Å². The zero-order chi connectivity index (χ0) is 15.1. The van der Waals surface area contributed by atoms with Crippen molar-refractivity contribution in [2.75, 3.05) is 6.61 Å². The molecule has 0 spiro atoms. The van der Waals surface area contributed by atoms with E-state index in [9.17, 15) is 4.79 Å². The third kappa shape index (κ3) is 4.17. The van der Waals surface area contributed by atoms with E-state index in [-0.39, 0.29) is 18.1 Å². The highest BCUT2D eigenvalue weighted by molar-refractivity contribution is 5.75. The molecule has 21 heavy (non-hydrogen) atoms. The summed E-state index contributed by atoms with van der Waals surface area (Å²) in [7, 11) is 0. The lowest BCUT2D eigenvalue weighted by Gasteiger charge is -2.23. The third-order valence-electron chi connectivity index (χ3n) is 3.32. The van der Waals surface area contributed by atoms with Crippen molar-refractivity contribution in [3.8, 4) is 0 Å². The summed E-state index contributed by atoms with van der Waals surface area (Å²) in [6.45, 7) is 4.04. The number of rotatable bonds is 6. The van der Waals surface area contributed by atoms with E-state index in [2.05, 4.69) is 29.6 Å². The maximum Gasteiger partial charge on any atom is 0.322 e. The molecule has 2 rings (SSSR count). The number of carbonyl (C=O) groups excluding carboxylic acids is 1. The number of hydrogen-bond donors (Lipinski definition) is 1. The van der Waals surface area contributed by atoms with Crippen LogP contribution in [0.5, 0.6) is 0 Å². The first-order chi connectivity index (χ1) is 10.2. The van der Waals surface area contributed by atoms with Crippen molar-refractivity contribution in [3.63, 3.8) is 0 Å². The molecule has 2 aromatic carbocycles. The van der Waals surface area contributed by atoms with Crippen LogP contribution in [-0.2, 0) is 9.53 Å². The normalized spacial score (nSPS) is 12.1. The summed E-state index contributed by atoms with van der Waals surface area (Å²) < 4.78 is 5.07. The van der Waals surface area contributed by atoms with E-state index in [0.717, 1.165) is 11.1 Å². The molecule has 0 saturated heterocycles. The number of benzene rings is 2. The molecule has 3 heteroatoms. The number of nitrogens with one attached hydrogen (secondary N) is 1. The van der Waals surface area contributed by atoms with Crippen LogP contribution >= 0.6 is 0 Å². The highest BCUT2D eigenvalue weighted by Crippen LogP contribution is 2.22. The van der Waals surface area contributed by atoms with Crippen LogP contribution in [0.3, 0.4) is 0 Å². The Hall–Kier alpha value is -2.13. The zero-order valence-electron chi connectivity index (χ0n) is 12.5. The second-order valence-electron chi connectivity index (χ2n) is 4.89. The van der Waals surface area contributed by atoms with Gasteiger partial charge in [-0.15, -0.1) is 0 Å². The maximum absolute atomic E-state index is 11.9. The molecular weight excluding hydrogens is 262 g/mol. The van der Waals surface area contributed by atoms with Crippen LogP contribution in [0.2, 0.25) is 0 Å². The minimum absolute atomic E-state index is 0.0354. The average Bonchev–Trinajstić information content (AvgIpc) is 2.54. The first-order valence-electron chi connectivity index (χ1n) is 7.25. The van der Waals surface area contributed by atoms with Gasteiger partial charge in [0, 0.05) is 0 Å². The van der Waals surface area contributed by atoms with Gasteiger partial charge in [0.05, 0.1) is 12.6 Å². The second-order valence-corrected chi connectivity index (χ2v) is 4.89. The van der Waals surface area contributed by atoms with Crippen molar-refractivity contribution in [3.05, 3.63) is 71.8 Å². The zero-order valence-corrected chi connectivity index (χ0v) is 12.5. The molecule has 0 amide bonds. The standard InChI is InChI=1S/C18H21NO2/c1-3-21-18(20)14(2)19-17(15-10-6-4-7-11-15)16-12-8-5-9-13-16/h4-14,17,19H,3H2,1-2H3. The lowest BCUT2D eigenvalue weighted by molar-refractivity contribution is -0.145. The molecule has 1 atom stereocenters. The summed E-state index contributed by atoms with van der Waals surface area (Å²) in [6.07, 6.45) is 0. The van der Waals surface area contributed by atoms with E-state index in [0.29, 0.717) is 6.61 Å². The second kappa shape index (κ2) is 7.60. The van der Waals surface area contributed by atoms with Crippen molar-refractivity contribution in [1.29, 1.82) is 0 Å². The SMILES string of the molecule is CCOC(=O)C(C)NC(c1ccccc1)c1ccccc1. The molecule has 0 heterocycles. The van der Waals surface area contributed by atoms with E-state index in [1.54, 1.807) is 0 Å². The molecular formula is C18H21NO2. The van der Waals surface area contributed by atoms with Crippen LogP contribution in [0.1, 0.15) is 31.0 Å². The predicted octanol–water partition coefficient (Wildman–Crippen LogP) is 3.32. The van der Waals surface area contributed by atoms with E-state index in [1.165, 1.54) is 0 Å². The Morgan fingerprint density at radius 1 is 1.00 bits per heavy atom. The molecule has 0 fully saturated rings. The van der Waals surface area contributed by atoms with E-state index in [4.69, 9.17) is 4.74 Å². The smallest absolute Gasteiger partial charge is 0.322 e. The molecule has 1 unspecified atom stereocenters.